The van der Waals surface area contributed by atoms with Gasteiger partial charge in [0, 0.05) is 0 Å². The summed E-state index contributed by atoms with van der Waals surface area (Å²) in [6.07, 6.45) is 2.78. The molecule has 27 heavy (non-hydrogen) atoms. The van der Waals surface area contributed by atoms with Crippen molar-refractivity contribution in [1.29, 1.82) is 0 Å². The normalized spacial score (nSPS) is 10.6. The topological polar surface area (TPSA) is 102 Å². The van der Waals surface area contributed by atoms with Gasteiger partial charge in [-0.1, -0.05) is 18.2 Å². The molecule has 0 heterocycles. The second-order valence-electron chi connectivity index (χ2n) is 5.58. The van der Waals surface area contributed by atoms with Crippen molar-refractivity contribution in [3.05, 3.63) is 53.6 Å². The molecule has 0 spiro atoms. The van der Waals surface area contributed by atoms with Gasteiger partial charge in [-0.25, -0.2) is 0 Å². The van der Waals surface area contributed by atoms with E-state index in [0.29, 0.717) is 16.9 Å². The maximum Gasteiger partial charge on any atom is 0.307 e. The van der Waals surface area contributed by atoms with Crippen molar-refractivity contribution < 1.29 is 34.0 Å². The van der Waals surface area contributed by atoms with Crippen molar-refractivity contribution in [3.8, 4) is 23.0 Å². The standard InChI is InChI=1S/C20H20O7/c1-25-17-9-14(10-18(26-2)20(17)24)6-7-15(21)12-27-16-5-3-4-13(8-16)11-19(22)23/h3-10,24H,11-12H2,1-2H3,(H,22,23). The Bertz CT molecular complexity index is 830. The second-order valence-corrected chi connectivity index (χ2v) is 5.58. The highest BCUT2D eigenvalue weighted by Crippen LogP contribution is 2.37. The molecule has 0 amide bonds. The van der Waals surface area contributed by atoms with Crippen LogP contribution in [-0.2, 0) is 16.0 Å². The Morgan fingerprint density at radius 1 is 1.07 bits per heavy atom. The number of carboxylic acids is 1. The van der Waals surface area contributed by atoms with Crippen molar-refractivity contribution >= 4 is 17.8 Å². The van der Waals surface area contributed by atoms with Crippen molar-refractivity contribution in [2.24, 2.45) is 0 Å². The number of aromatic hydroxyl groups is 1. The summed E-state index contributed by atoms with van der Waals surface area (Å²) in [6.45, 7) is -0.195. The number of methoxy groups -OCH3 is 2. The molecule has 142 valence electrons. The number of carboxylic acid groups (broad SMARTS) is 1. The summed E-state index contributed by atoms with van der Waals surface area (Å²) in [5, 5.41) is 18.7. The largest absolute Gasteiger partial charge is 0.502 e. The molecule has 0 aliphatic heterocycles. The maximum atomic E-state index is 12.0. The van der Waals surface area contributed by atoms with Crippen molar-refractivity contribution in [1.82, 2.24) is 0 Å². The summed E-state index contributed by atoms with van der Waals surface area (Å²) in [5.41, 5.74) is 1.20. The number of rotatable bonds is 9. The van der Waals surface area contributed by atoms with Gasteiger partial charge < -0.3 is 24.4 Å². The zero-order valence-corrected chi connectivity index (χ0v) is 15.0. The first kappa shape index (κ1) is 19.8. The molecule has 2 rings (SSSR count). The highest BCUT2D eigenvalue weighted by molar-refractivity contribution is 5.94. The molecular weight excluding hydrogens is 352 g/mol. The van der Waals surface area contributed by atoms with E-state index in [2.05, 4.69) is 0 Å². The van der Waals surface area contributed by atoms with E-state index in [9.17, 15) is 14.7 Å². The van der Waals surface area contributed by atoms with Crippen LogP contribution in [0.1, 0.15) is 11.1 Å². The third-order valence-corrected chi connectivity index (χ3v) is 3.60. The molecule has 0 bridgehead atoms. The van der Waals surface area contributed by atoms with E-state index in [1.807, 2.05) is 0 Å². The van der Waals surface area contributed by atoms with Gasteiger partial charge in [-0.3, -0.25) is 9.59 Å². The van der Waals surface area contributed by atoms with Crippen molar-refractivity contribution in [2.45, 2.75) is 6.42 Å². The fourth-order valence-corrected chi connectivity index (χ4v) is 2.32. The molecule has 0 fully saturated rings. The summed E-state index contributed by atoms with van der Waals surface area (Å²) in [7, 11) is 2.83. The quantitative estimate of drug-likeness (QED) is 0.653. The Morgan fingerprint density at radius 2 is 1.74 bits per heavy atom. The minimum atomic E-state index is -0.939. The Kier molecular flexibility index (Phi) is 6.82. The molecule has 2 aromatic carbocycles. The van der Waals surface area contributed by atoms with Gasteiger partial charge in [-0.2, -0.15) is 0 Å². The summed E-state index contributed by atoms with van der Waals surface area (Å²) >= 11 is 0. The SMILES string of the molecule is COc1cc(C=CC(=O)COc2cccc(CC(=O)O)c2)cc(OC)c1O. The van der Waals surface area contributed by atoms with Crippen LogP contribution in [0.2, 0.25) is 0 Å². The Morgan fingerprint density at radius 3 is 2.33 bits per heavy atom. The number of phenolic OH excluding ortho intramolecular Hbond substituents is 1. The van der Waals surface area contributed by atoms with Gasteiger partial charge in [-0.15, -0.1) is 0 Å². The lowest BCUT2D eigenvalue weighted by Gasteiger charge is -2.09. The van der Waals surface area contributed by atoms with Gasteiger partial charge in [0.15, 0.2) is 23.9 Å². The summed E-state index contributed by atoms with van der Waals surface area (Å²) in [5.74, 6) is -0.465. The highest BCUT2D eigenvalue weighted by atomic mass is 16.5. The predicted octanol–water partition coefficient (Wildman–Crippen LogP) is 2.70. The van der Waals surface area contributed by atoms with E-state index in [4.69, 9.17) is 19.3 Å². The minimum absolute atomic E-state index is 0.116. The van der Waals surface area contributed by atoms with Crippen LogP contribution in [0.5, 0.6) is 23.0 Å². The van der Waals surface area contributed by atoms with E-state index < -0.39 is 5.97 Å². The number of ketones is 1. The van der Waals surface area contributed by atoms with Crippen molar-refractivity contribution in [3.63, 3.8) is 0 Å². The van der Waals surface area contributed by atoms with Gasteiger partial charge in [0.1, 0.15) is 5.75 Å². The lowest BCUT2D eigenvalue weighted by atomic mass is 10.1. The number of carbonyl (C=O) groups excluding carboxylic acids is 1. The van der Waals surface area contributed by atoms with Gasteiger partial charge in [0.25, 0.3) is 0 Å². The molecule has 2 N–H and O–H groups in total. The number of phenols is 1. The molecule has 0 aliphatic rings. The first-order valence-electron chi connectivity index (χ1n) is 8.02. The third-order valence-electron chi connectivity index (χ3n) is 3.60. The summed E-state index contributed by atoms with van der Waals surface area (Å²) < 4.78 is 15.5. The van der Waals surface area contributed by atoms with Crippen LogP contribution in [0.4, 0.5) is 0 Å². The highest BCUT2D eigenvalue weighted by Gasteiger charge is 2.10. The predicted molar refractivity (Wildman–Crippen MR) is 98.5 cm³/mol. The number of carbonyl (C=O) groups is 2. The molecule has 0 saturated heterocycles. The first-order valence-corrected chi connectivity index (χ1v) is 8.02. The van der Waals surface area contributed by atoms with E-state index >= 15 is 0 Å². The second kappa shape index (κ2) is 9.28. The van der Waals surface area contributed by atoms with Gasteiger partial charge in [0.05, 0.1) is 20.6 Å². The smallest absolute Gasteiger partial charge is 0.307 e. The lowest BCUT2D eigenvalue weighted by molar-refractivity contribution is -0.136. The van der Waals surface area contributed by atoms with Crippen molar-refractivity contribution in [2.75, 3.05) is 20.8 Å². The van der Waals surface area contributed by atoms with Gasteiger partial charge in [-0.05, 0) is 41.5 Å². The minimum Gasteiger partial charge on any atom is -0.502 e. The average Bonchev–Trinajstić information content (AvgIpc) is 2.65. The monoisotopic (exact) mass is 372 g/mol. The van der Waals surface area contributed by atoms with Crippen LogP contribution < -0.4 is 14.2 Å². The molecule has 0 saturated carbocycles. The zero-order valence-electron chi connectivity index (χ0n) is 15.0. The number of benzene rings is 2. The van der Waals surface area contributed by atoms with Crippen LogP contribution in [0.3, 0.4) is 0 Å². The van der Waals surface area contributed by atoms with Crippen LogP contribution in [-0.4, -0.2) is 42.8 Å². The van der Waals surface area contributed by atoms with Gasteiger partial charge >= 0.3 is 5.97 Å². The van der Waals surface area contributed by atoms with Crippen LogP contribution in [0.25, 0.3) is 6.08 Å². The fourth-order valence-electron chi connectivity index (χ4n) is 2.32. The van der Waals surface area contributed by atoms with Crippen LogP contribution in [0.15, 0.2) is 42.5 Å². The molecule has 0 unspecified atom stereocenters. The molecule has 0 radical (unpaired) electrons. The summed E-state index contributed by atoms with van der Waals surface area (Å²) in [4.78, 5) is 22.8. The zero-order chi connectivity index (χ0) is 19.8. The average molecular weight is 372 g/mol. The third kappa shape index (κ3) is 5.78. The Balaban J connectivity index is 2.01. The van der Waals surface area contributed by atoms with E-state index in [1.165, 1.54) is 20.3 Å². The van der Waals surface area contributed by atoms with Crippen LogP contribution in [0, 0.1) is 0 Å². The van der Waals surface area contributed by atoms with E-state index in [0.717, 1.165) is 0 Å². The Labute approximate surface area is 156 Å². The molecule has 7 heteroatoms. The first-order chi connectivity index (χ1) is 12.9. The van der Waals surface area contributed by atoms with E-state index in [-0.39, 0.29) is 36.1 Å². The number of hydrogen-bond donors (Lipinski definition) is 2. The lowest BCUT2D eigenvalue weighted by Crippen LogP contribution is -2.08. The molecule has 0 aliphatic carbocycles. The molecule has 7 nitrogen and oxygen atoms in total. The molecule has 0 atom stereocenters. The number of aliphatic carboxylic acids is 1. The Hall–Kier alpha value is -3.48. The number of hydrogen-bond acceptors (Lipinski definition) is 6. The van der Waals surface area contributed by atoms with Gasteiger partial charge in [0.2, 0.25) is 5.75 Å². The molecule has 2 aromatic rings. The summed E-state index contributed by atoms with van der Waals surface area (Å²) in [6, 6.07) is 9.71. The fraction of sp³-hybridized carbons (Fsp3) is 0.200. The maximum absolute atomic E-state index is 12.0. The number of ether oxygens (including phenoxy) is 3. The van der Waals surface area contributed by atoms with E-state index in [1.54, 1.807) is 42.5 Å². The molecular formula is C20H20O7. The molecule has 0 aromatic heterocycles. The van der Waals surface area contributed by atoms with Crippen LogP contribution >= 0.6 is 0 Å².